The van der Waals surface area contributed by atoms with Crippen LogP contribution in [0.2, 0.25) is 0 Å². The van der Waals surface area contributed by atoms with Crippen LogP contribution in [-0.4, -0.2) is 54.5 Å². The van der Waals surface area contributed by atoms with Gasteiger partial charge in [-0.05, 0) is 104 Å². The summed E-state index contributed by atoms with van der Waals surface area (Å²) in [6.45, 7) is 6.67. The van der Waals surface area contributed by atoms with Gasteiger partial charge in [-0.25, -0.2) is 4.18 Å². The average molecular weight is 516 g/mol. The van der Waals surface area contributed by atoms with Gasteiger partial charge >= 0.3 is 10.4 Å². The molecule has 4 saturated carbocycles. The second kappa shape index (κ2) is 10.2. The van der Waals surface area contributed by atoms with Gasteiger partial charge in [0.2, 0.25) is 5.91 Å². The Morgan fingerprint density at radius 1 is 1.09 bits per heavy atom. The first-order valence-electron chi connectivity index (χ1n) is 13.6. The molecule has 4 aliphatic carbocycles. The van der Waals surface area contributed by atoms with Crippen LogP contribution in [0.5, 0.6) is 0 Å². The molecule has 10 unspecified atom stereocenters. The van der Waals surface area contributed by atoms with E-state index in [1.165, 1.54) is 12.8 Å². The van der Waals surface area contributed by atoms with Crippen LogP contribution in [-0.2, 0) is 19.4 Å². The summed E-state index contributed by atoms with van der Waals surface area (Å²) in [5.74, 6) is 2.77. The lowest BCUT2D eigenvalue weighted by atomic mass is 9.43. The molecule has 0 heterocycles. The zero-order valence-electron chi connectivity index (χ0n) is 21.5. The number of carbonyl (C=O) groups is 1. The predicted molar refractivity (Wildman–Crippen MR) is 132 cm³/mol. The Balaban J connectivity index is 1.36. The maximum absolute atomic E-state index is 12.2. The lowest BCUT2D eigenvalue weighted by Gasteiger charge is -2.62. The highest BCUT2D eigenvalue weighted by atomic mass is 32.3. The number of carbonyl (C=O) groups excluding carboxylic acids is 1. The number of aliphatic hydroxyl groups excluding tert-OH is 2. The fourth-order valence-electron chi connectivity index (χ4n) is 9.15. The summed E-state index contributed by atoms with van der Waals surface area (Å²) in [4.78, 5) is 12.2. The quantitative estimate of drug-likeness (QED) is 0.288. The normalized spacial score (nSPS) is 44.1. The van der Waals surface area contributed by atoms with Crippen molar-refractivity contribution in [3.63, 3.8) is 0 Å². The van der Waals surface area contributed by atoms with Crippen LogP contribution in [0.1, 0.15) is 85.0 Å². The lowest BCUT2D eigenvalue weighted by Crippen LogP contribution is -2.58. The minimum absolute atomic E-state index is 0.0226. The van der Waals surface area contributed by atoms with Gasteiger partial charge in [0.15, 0.2) is 0 Å². The third-order valence-electron chi connectivity index (χ3n) is 11.0. The van der Waals surface area contributed by atoms with Crippen molar-refractivity contribution in [1.29, 1.82) is 0 Å². The van der Waals surface area contributed by atoms with Crippen LogP contribution >= 0.6 is 0 Å². The van der Waals surface area contributed by atoms with Crippen LogP contribution < -0.4 is 5.32 Å². The van der Waals surface area contributed by atoms with Crippen molar-refractivity contribution >= 4 is 16.3 Å². The largest absolute Gasteiger partial charge is 0.397 e. The minimum Gasteiger partial charge on any atom is -0.393 e. The molecule has 1 amide bonds. The summed E-state index contributed by atoms with van der Waals surface area (Å²) in [5.41, 5.74) is 0.100. The molecule has 9 heteroatoms. The van der Waals surface area contributed by atoms with Crippen LogP contribution in [0, 0.1) is 46.3 Å². The van der Waals surface area contributed by atoms with Gasteiger partial charge in [-0.1, -0.05) is 20.8 Å². The van der Waals surface area contributed by atoms with Crippen molar-refractivity contribution in [1.82, 2.24) is 5.32 Å². The molecule has 35 heavy (non-hydrogen) atoms. The first-order valence-corrected chi connectivity index (χ1v) is 15.0. The van der Waals surface area contributed by atoms with E-state index in [9.17, 15) is 23.4 Å². The van der Waals surface area contributed by atoms with Crippen LogP contribution in [0.25, 0.3) is 0 Å². The standard InChI is InChI=1S/C26H45NO7S/c1-16(4-9-24(30)27-12-13-34-35(31,32)33)20-7-8-21-19-6-5-17-14-18(28)10-11-25(17,2)22(19)15-23(29)26(20,21)3/h16-23,28-29H,4-15H2,1-3H3,(H,27,30)(H,31,32,33). The van der Waals surface area contributed by atoms with E-state index in [0.717, 1.165) is 44.9 Å². The smallest absolute Gasteiger partial charge is 0.393 e. The van der Waals surface area contributed by atoms with Gasteiger partial charge in [0.1, 0.15) is 0 Å². The van der Waals surface area contributed by atoms with Crippen LogP contribution in [0.4, 0.5) is 0 Å². The van der Waals surface area contributed by atoms with E-state index in [1.807, 2.05) is 0 Å². The Bertz CT molecular complexity index is 881. The van der Waals surface area contributed by atoms with Crippen molar-refractivity contribution < 1.29 is 32.2 Å². The summed E-state index contributed by atoms with van der Waals surface area (Å²) >= 11 is 0. The van der Waals surface area contributed by atoms with E-state index in [2.05, 4.69) is 30.3 Å². The number of amides is 1. The first-order chi connectivity index (χ1) is 16.4. The molecule has 0 saturated heterocycles. The molecule has 0 bridgehead atoms. The molecule has 0 radical (unpaired) electrons. The highest BCUT2D eigenvalue weighted by Gasteiger charge is 2.63. The summed E-state index contributed by atoms with van der Waals surface area (Å²) in [6, 6.07) is 0. The Kier molecular flexibility index (Phi) is 7.95. The fraction of sp³-hybridized carbons (Fsp3) is 0.962. The van der Waals surface area contributed by atoms with Crippen molar-refractivity contribution in [3.05, 3.63) is 0 Å². The summed E-state index contributed by atoms with van der Waals surface area (Å²) in [5, 5.41) is 24.5. The van der Waals surface area contributed by atoms with E-state index in [4.69, 9.17) is 4.55 Å². The number of hydrogen-bond donors (Lipinski definition) is 4. The van der Waals surface area contributed by atoms with E-state index in [1.54, 1.807) is 0 Å². The van der Waals surface area contributed by atoms with Gasteiger partial charge in [0.25, 0.3) is 0 Å². The SMILES string of the molecule is CC(CCC(=O)NCCOS(=O)(=O)O)C1CCC2C3CCC4CC(O)CCC4(C)C3CC(O)C12C. The van der Waals surface area contributed by atoms with E-state index >= 15 is 0 Å². The molecule has 0 aliphatic heterocycles. The second-order valence-electron chi connectivity index (χ2n) is 12.5. The Morgan fingerprint density at radius 2 is 1.83 bits per heavy atom. The predicted octanol–water partition coefficient (Wildman–Crippen LogP) is 3.33. The third-order valence-corrected chi connectivity index (χ3v) is 11.5. The maximum Gasteiger partial charge on any atom is 0.397 e. The van der Waals surface area contributed by atoms with E-state index in [0.29, 0.717) is 41.9 Å². The average Bonchev–Trinajstić information content (AvgIpc) is 3.14. The van der Waals surface area contributed by atoms with Gasteiger partial charge in [-0.3, -0.25) is 9.35 Å². The molecule has 10 atom stereocenters. The zero-order valence-corrected chi connectivity index (χ0v) is 22.3. The number of rotatable bonds is 8. The third kappa shape index (κ3) is 5.31. The van der Waals surface area contributed by atoms with Crippen molar-refractivity contribution in [2.75, 3.05) is 13.2 Å². The first kappa shape index (κ1) is 27.3. The van der Waals surface area contributed by atoms with Gasteiger partial charge in [-0.15, -0.1) is 0 Å². The van der Waals surface area contributed by atoms with Gasteiger partial charge < -0.3 is 15.5 Å². The highest BCUT2D eigenvalue weighted by molar-refractivity contribution is 7.80. The molecule has 4 fully saturated rings. The molecule has 4 rings (SSSR count). The molecule has 4 N–H and O–H groups in total. The zero-order chi connectivity index (χ0) is 25.6. The lowest BCUT2D eigenvalue weighted by molar-refractivity contribution is -0.174. The Morgan fingerprint density at radius 3 is 2.54 bits per heavy atom. The number of aliphatic hydroxyl groups is 2. The fourth-order valence-corrected chi connectivity index (χ4v) is 9.44. The van der Waals surface area contributed by atoms with Gasteiger partial charge in [0, 0.05) is 13.0 Å². The molecule has 0 aromatic heterocycles. The number of fused-ring (bicyclic) bond motifs is 5. The summed E-state index contributed by atoms with van der Waals surface area (Å²) in [6.07, 6.45) is 8.93. The van der Waals surface area contributed by atoms with Crippen molar-refractivity contribution in [2.45, 2.75) is 97.2 Å². The van der Waals surface area contributed by atoms with Crippen molar-refractivity contribution in [3.8, 4) is 0 Å². The minimum atomic E-state index is -4.49. The van der Waals surface area contributed by atoms with E-state index < -0.39 is 10.4 Å². The molecule has 0 spiro atoms. The molecule has 202 valence electrons. The van der Waals surface area contributed by atoms with Crippen molar-refractivity contribution in [2.24, 2.45) is 46.3 Å². The molecular weight excluding hydrogens is 470 g/mol. The highest BCUT2D eigenvalue weighted by Crippen LogP contribution is 2.68. The Labute approximate surface area is 210 Å². The van der Waals surface area contributed by atoms with Gasteiger partial charge in [-0.2, -0.15) is 8.42 Å². The second-order valence-corrected chi connectivity index (χ2v) is 13.6. The van der Waals surface area contributed by atoms with Crippen LogP contribution in [0.3, 0.4) is 0 Å². The van der Waals surface area contributed by atoms with E-state index in [-0.39, 0.29) is 42.1 Å². The topological polar surface area (TPSA) is 133 Å². The van der Waals surface area contributed by atoms with Gasteiger partial charge in [0.05, 0.1) is 18.8 Å². The maximum atomic E-state index is 12.2. The number of hydrogen-bond acceptors (Lipinski definition) is 6. The molecule has 8 nitrogen and oxygen atoms in total. The molecule has 0 aromatic carbocycles. The molecule has 0 aromatic rings. The number of nitrogens with one attached hydrogen (secondary N) is 1. The summed E-state index contributed by atoms with van der Waals surface area (Å²) < 4.78 is 34.0. The van der Waals surface area contributed by atoms with Crippen LogP contribution in [0.15, 0.2) is 0 Å². The molecule has 4 aliphatic rings. The molecular formula is C26H45NO7S. The Hall–Kier alpha value is -0.740. The summed E-state index contributed by atoms with van der Waals surface area (Å²) in [7, 11) is -4.49. The monoisotopic (exact) mass is 515 g/mol.